The second-order valence-corrected chi connectivity index (χ2v) is 5.53. The molecule has 3 rings (SSSR count). The summed E-state index contributed by atoms with van der Waals surface area (Å²) in [5, 5.41) is 8.29. The van der Waals surface area contributed by atoms with Crippen molar-refractivity contribution >= 4 is 22.4 Å². The maximum Gasteiger partial charge on any atom is 0.246 e. The van der Waals surface area contributed by atoms with Crippen molar-refractivity contribution in [2.45, 2.75) is 6.04 Å². The highest BCUT2D eigenvalue weighted by atomic mass is 16.5. The van der Waals surface area contributed by atoms with Crippen LogP contribution in [-0.2, 0) is 4.79 Å². The zero-order valence-corrected chi connectivity index (χ0v) is 13.7. The standard InChI is InChI=1S/C20H20N2O2/c1-21-20(23)19(22-17-9-11-18(24-2)12-10-17)16-8-7-14-5-3-4-6-15(14)13-16/h3-13,19,22H,1-2H3,(H,21,23). The molecule has 4 heteroatoms. The summed E-state index contributed by atoms with van der Waals surface area (Å²) in [6, 6.07) is 21.2. The van der Waals surface area contributed by atoms with Crippen LogP contribution in [0.4, 0.5) is 5.69 Å². The quantitative estimate of drug-likeness (QED) is 0.753. The first-order chi connectivity index (χ1) is 11.7. The topological polar surface area (TPSA) is 50.4 Å². The molecular formula is C20H20N2O2. The van der Waals surface area contributed by atoms with Crippen molar-refractivity contribution in [3.05, 3.63) is 72.3 Å². The number of amides is 1. The van der Waals surface area contributed by atoms with Gasteiger partial charge in [0.25, 0.3) is 0 Å². The summed E-state index contributed by atoms with van der Waals surface area (Å²) in [7, 11) is 3.27. The van der Waals surface area contributed by atoms with Crippen LogP contribution in [0.1, 0.15) is 11.6 Å². The Hall–Kier alpha value is -3.01. The van der Waals surface area contributed by atoms with E-state index < -0.39 is 6.04 Å². The normalized spacial score (nSPS) is 11.8. The molecule has 0 saturated heterocycles. The fourth-order valence-corrected chi connectivity index (χ4v) is 2.69. The summed E-state index contributed by atoms with van der Waals surface area (Å²) in [5.74, 6) is 0.698. The molecule has 0 aliphatic carbocycles. The van der Waals surface area contributed by atoms with Crippen LogP contribution in [0, 0.1) is 0 Å². The molecule has 0 saturated carbocycles. The van der Waals surface area contributed by atoms with Gasteiger partial charge in [-0.1, -0.05) is 36.4 Å². The van der Waals surface area contributed by atoms with Crippen LogP contribution >= 0.6 is 0 Å². The molecule has 122 valence electrons. The average Bonchev–Trinajstić information content (AvgIpc) is 2.65. The van der Waals surface area contributed by atoms with Gasteiger partial charge >= 0.3 is 0 Å². The number of methoxy groups -OCH3 is 1. The fraction of sp³-hybridized carbons (Fsp3) is 0.150. The summed E-state index contributed by atoms with van der Waals surface area (Å²) in [5.41, 5.74) is 1.78. The van der Waals surface area contributed by atoms with Crippen molar-refractivity contribution in [1.29, 1.82) is 0 Å². The highest BCUT2D eigenvalue weighted by Gasteiger charge is 2.19. The van der Waals surface area contributed by atoms with E-state index in [9.17, 15) is 4.79 Å². The van der Waals surface area contributed by atoms with Gasteiger partial charge in [-0.15, -0.1) is 0 Å². The van der Waals surface area contributed by atoms with Gasteiger partial charge in [0.05, 0.1) is 7.11 Å². The molecule has 4 nitrogen and oxygen atoms in total. The molecule has 3 aromatic rings. The Kier molecular flexibility index (Phi) is 4.66. The minimum absolute atomic E-state index is 0.0823. The van der Waals surface area contributed by atoms with Gasteiger partial charge in [0, 0.05) is 12.7 Å². The molecule has 2 N–H and O–H groups in total. The molecule has 24 heavy (non-hydrogen) atoms. The maximum absolute atomic E-state index is 12.4. The maximum atomic E-state index is 12.4. The van der Waals surface area contributed by atoms with Gasteiger partial charge in [0.15, 0.2) is 0 Å². The Balaban J connectivity index is 1.93. The predicted molar refractivity (Wildman–Crippen MR) is 97.4 cm³/mol. The molecule has 0 spiro atoms. The molecule has 0 radical (unpaired) electrons. The monoisotopic (exact) mass is 320 g/mol. The summed E-state index contributed by atoms with van der Waals surface area (Å²) < 4.78 is 5.17. The van der Waals surface area contributed by atoms with Gasteiger partial charge in [-0.25, -0.2) is 0 Å². The van der Waals surface area contributed by atoms with E-state index in [0.717, 1.165) is 27.8 Å². The second kappa shape index (κ2) is 7.04. The average molecular weight is 320 g/mol. The van der Waals surface area contributed by atoms with E-state index in [2.05, 4.69) is 16.7 Å². The van der Waals surface area contributed by atoms with Gasteiger partial charge in [-0.2, -0.15) is 0 Å². The van der Waals surface area contributed by atoms with Crippen LogP contribution in [0.3, 0.4) is 0 Å². The number of hydrogen-bond donors (Lipinski definition) is 2. The Morgan fingerprint density at radius 1 is 0.958 bits per heavy atom. The van der Waals surface area contributed by atoms with Gasteiger partial charge in [-0.3, -0.25) is 4.79 Å². The van der Waals surface area contributed by atoms with Gasteiger partial charge in [-0.05, 0) is 46.7 Å². The summed E-state index contributed by atoms with van der Waals surface area (Å²) >= 11 is 0. The van der Waals surface area contributed by atoms with Crippen molar-refractivity contribution in [2.75, 3.05) is 19.5 Å². The highest BCUT2D eigenvalue weighted by Crippen LogP contribution is 2.25. The van der Waals surface area contributed by atoms with Crippen LogP contribution < -0.4 is 15.4 Å². The van der Waals surface area contributed by atoms with Crippen molar-refractivity contribution in [3.8, 4) is 5.75 Å². The lowest BCUT2D eigenvalue weighted by molar-refractivity contribution is -0.121. The highest BCUT2D eigenvalue weighted by molar-refractivity contribution is 5.89. The lowest BCUT2D eigenvalue weighted by atomic mass is 10.0. The number of anilines is 1. The number of carbonyl (C=O) groups is 1. The molecule has 0 aromatic heterocycles. The van der Waals surface area contributed by atoms with Crippen molar-refractivity contribution in [3.63, 3.8) is 0 Å². The summed E-state index contributed by atoms with van der Waals surface area (Å²) in [4.78, 5) is 12.4. The molecule has 1 unspecified atom stereocenters. The molecule has 0 fully saturated rings. The van der Waals surface area contributed by atoms with E-state index in [1.807, 2.05) is 60.7 Å². The van der Waals surface area contributed by atoms with Crippen LogP contribution in [0.25, 0.3) is 10.8 Å². The lowest BCUT2D eigenvalue weighted by Crippen LogP contribution is -2.30. The first kappa shape index (κ1) is 15.9. The third-order valence-corrected chi connectivity index (χ3v) is 4.02. The van der Waals surface area contributed by atoms with Crippen LogP contribution in [0.15, 0.2) is 66.7 Å². The Bertz CT molecular complexity index is 844. The second-order valence-electron chi connectivity index (χ2n) is 5.53. The number of hydrogen-bond acceptors (Lipinski definition) is 3. The Labute approximate surface area is 141 Å². The lowest BCUT2D eigenvalue weighted by Gasteiger charge is -2.19. The third-order valence-electron chi connectivity index (χ3n) is 4.02. The third kappa shape index (κ3) is 3.33. The Morgan fingerprint density at radius 2 is 1.67 bits per heavy atom. The van der Waals surface area contributed by atoms with Gasteiger partial charge in [0.2, 0.25) is 5.91 Å². The molecule has 1 atom stereocenters. The van der Waals surface area contributed by atoms with E-state index >= 15 is 0 Å². The molecule has 0 aliphatic rings. The predicted octanol–water partition coefficient (Wildman–Crippen LogP) is 3.75. The molecular weight excluding hydrogens is 300 g/mol. The smallest absolute Gasteiger partial charge is 0.246 e. The van der Waals surface area contributed by atoms with E-state index in [-0.39, 0.29) is 5.91 Å². The SMILES string of the molecule is CNC(=O)C(Nc1ccc(OC)cc1)c1ccc2ccccc2c1. The number of nitrogens with one attached hydrogen (secondary N) is 2. The zero-order chi connectivity index (χ0) is 16.9. The number of rotatable bonds is 5. The van der Waals surface area contributed by atoms with E-state index in [1.54, 1.807) is 14.2 Å². The first-order valence-corrected chi connectivity index (χ1v) is 7.82. The van der Waals surface area contributed by atoms with Crippen LogP contribution in [0.5, 0.6) is 5.75 Å². The Morgan fingerprint density at radius 3 is 2.33 bits per heavy atom. The van der Waals surface area contributed by atoms with E-state index in [1.165, 1.54) is 0 Å². The van der Waals surface area contributed by atoms with E-state index in [0.29, 0.717) is 0 Å². The largest absolute Gasteiger partial charge is 0.497 e. The van der Waals surface area contributed by atoms with Gasteiger partial charge in [0.1, 0.15) is 11.8 Å². The number of fused-ring (bicyclic) bond motifs is 1. The zero-order valence-electron chi connectivity index (χ0n) is 13.7. The summed E-state index contributed by atoms with van der Waals surface area (Å²) in [6.45, 7) is 0. The van der Waals surface area contributed by atoms with Crippen LogP contribution in [0.2, 0.25) is 0 Å². The molecule has 0 aliphatic heterocycles. The van der Waals surface area contributed by atoms with E-state index in [4.69, 9.17) is 4.74 Å². The fourth-order valence-electron chi connectivity index (χ4n) is 2.69. The van der Waals surface area contributed by atoms with Crippen molar-refractivity contribution in [1.82, 2.24) is 5.32 Å². The minimum atomic E-state index is -0.465. The summed E-state index contributed by atoms with van der Waals surface area (Å²) in [6.07, 6.45) is 0. The molecule has 1 amide bonds. The van der Waals surface area contributed by atoms with Crippen molar-refractivity contribution < 1.29 is 9.53 Å². The molecule has 0 bridgehead atoms. The van der Waals surface area contributed by atoms with Crippen molar-refractivity contribution in [2.24, 2.45) is 0 Å². The number of likely N-dealkylation sites (N-methyl/N-ethyl adjacent to an activating group) is 1. The number of carbonyl (C=O) groups excluding carboxylic acids is 1. The first-order valence-electron chi connectivity index (χ1n) is 7.82. The van der Waals surface area contributed by atoms with Gasteiger partial charge < -0.3 is 15.4 Å². The minimum Gasteiger partial charge on any atom is -0.497 e. The number of benzene rings is 3. The number of ether oxygens (including phenoxy) is 1. The molecule has 0 heterocycles. The van der Waals surface area contributed by atoms with Crippen LogP contribution in [-0.4, -0.2) is 20.1 Å². The molecule has 3 aromatic carbocycles.